The first kappa shape index (κ1) is 18.2. The van der Waals surface area contributed by atoms with Crippen LogP contribution in [0.25, 0.3) is 0 Å². The molecule has 2 aliphatic rings. The third-order valence-electron chi connectivity index (χ3n) is 4.69. The molecule has 0 spiro atoms. The highest BCUT2D eigenvalue weighted by atomic mass is 16.7. The molecule has 0 saturated carbocycles. The van der Waals surface area contributed by atoms with Gasteiger partial charge in [0.05, 0.1) is 13.2 Å². The zero-order valence-electron chi connectivity index (χ0n) is 13.9. The number of carbonyl (C=O) groups is 2. The second-order valence-electron chi connectivity index (χ2n) is 6.49. The van der Waals surface area contributed by atoms with E-state index in [0.29, 0.717) is 32.7 Å². The molecule has 132 valence electrons. The Morgan fingerprint density at radius 2 is 2.04 bits per heavy atom. The number of carboxylic acids is 1. The van der Waals surface area contributed by atoms with Gasteiger partial charge in [0.15, 0.2) is 6.29 Å². The fraction of sp³-hybridized carbons (Fsp3) is 0.875. The van der Waals surface area contributed by atoms with Crippen molar-refractivity contribution in [2.45, 2.75) is 58.0 Å². The van der Waals surface area contributed by atoms with Gasteiger partial charge >= 0.3 is 11.9 Å². The van der Waals surface area contributed by atoms with E-state index in [1.807, 2.05) is 13.8 Å². The Labute approximate surface area is 136 Å². The van der Waals surface area contributed by atoms with Crippen molar-refractivity contribution in [1.82, 2.24) is 0 Å². The van der Waals surface area contributed by atoms with Crippen LogP contribution >= 0.6 is 0 Å². The van der Waals surface area contributed by atoms with Gasteiger partial charge in [-0.1, -0.05) is 13.8 Å². The summed E-state index contributed by atoms with van der Waals surface area (Å²) in [4.78, 5) is 21.8. The van der Waals surface area contributed by atoms with E-state index in [-0.39, 0.29) is 36.6 Å². The third-order valence-corrected chi connectivity index (χ3v) is 4.69. The summed E-state index contributed by atoms with van der Waals surface area (Å²) in [5.41, 5.74) is -0.607. The topological polar surface area (TPSA) is 91.3 Å². The number of hydrogen-bond acceptors (Lipinski definition) is 6. The maximum Gasteiger partial charge on any atom is 0.303 e. The van der Waals surface area contributed by atoms with E-state index < -0.39 is 11.6 Å². The lowest BCUT2D eigenvalue weighted by Gasteiger charge is -2.44. The number of unbranched alkanes of at least 4 members (excludes halogenated alkanes) is 1. The van der Waals surface area contributed by atoms with Crippen molar-refractivity contribution in [3.8, 4) is 0 Å². The summed E-state index contributed by atoms with van der Waals surface area (Å²) in [6, 6.07) is 0. The van der Waals surface area contributed by atoms with E-state index in [1.165, 1.54) is 6.92 Å². The quantitative estimate of drug-likeness (QED) is 0.534. The van der Waals surface area contributed by atoms with Crippen LogP contribution < -0.4 is 0 Å². The maximum atomic E-state index is 11.3. The highest BCUT2D eigenvalue weighted by molar-refractivity contribution is 5.66. The second-order valence-corrected chi connectivity index (χ2v) is 6.49. The largest absolute Gasteiger partial charge is 0.481 e. The Bertz CT molecular complexity index is 438. The molecule has 2 heterocycles. The maximum absolute atomic E-state index is 11.3. The molecule has 7 heteroatoms. The zero-order valence-corrected chi connectivity index (χ0v) is 13.9. The minimum Gasteiger partial charge on any atom is -0.481 e. The SMILES string of the molecule is CC(=O)O[C@@H]1[C@@H](C)[C@H]2OC[C@](COCCCCC(=O)O)(O2)[C@@H]1C. The first-order valence-corrected chi connectivity index (χ1v) is 8.12. The van der Waals surface area contributed by atoms with Gasteiger partial charge in [-0.2, -0.15) is 0 Å². The Morgan fingerprint density at radius 1 is 1.30 bits per heavy atom. The molecular formula is C16H26O7. The molecule has 23 heavy (non-hydrogen) atoms. The average Bonchev–Trinajstić information content (AvgIpc) is 2.88. The van der Waals surface area contributed by atoms with Crippen molar-refractivity contribution in [2.75, 3.05) is 19.8 Å². The van der Waals surface area contributed by atoms with Crippen molar-refractivity contribution in [3.63, 3.8) is 0 Å². The van der Waals surface area contributed by atoms with E-state index in [9.17, 15) is 9.59 Å². The summed E-state index contributed by atoms with van der Waals surface area (Å²) in [6.07, 6.45) is 0.782. The van der Waals surface area contributed by atoms with Crippen LogP contribution in [0, 0.1) is 11.8 Å². The third kappa shape index (κ3) is 4.22. The second kappa shape index (κ2) is 7.59. The summed E-state index contributed by atoms with van der Waals surface area (Å²) in [5.74, 6) is -1.17. The molecule has 0 aromatic heterocycles. The van der Waals surface area contributed by atoms with Crippen LogP contribution in [-0.2, 0) is 28.5 Å². The molecular weight excluding hydrogens is 304 g/mol. The summed E-state index contributed by atoms with van der Waals surface area (Å²) >= 11 is 0. The van der Waals surface area contributed by atoms with E-state index in [2.05, 4.69) is 0 Å². The molecule has 5 atom stereocenters. The lowest BCUT2D eigenvalue weighted by Crippen LogP contribution is -2.56. The number of fused-ring (bicyclic) bond motifs is 2. The van der Waals surface area contributed by atoms with Crippen LogP contribution in [0.2, 0.25) is 0 Å². The molecule has 7 nitrogen and oxygen atoms in total. The normalized spacial score (nSPS) is 36.0. The van der Waals surface area contributed by atoms with Crippen LogP contribution in [0.1, 0.15) is 40.0 Å². The fourth-order valence-corrected chi connectivity index (χ4v) is 3.26. The van der Waals surface area contributed by atoms with Gasteiger partial charge in [-0.05, 0) is 12.8 Å². The minimum atomic E-state index is -0.793. The van der Waals surface area contributed by atoms with E-state index in [1.54, 1.807) is 0 Å². The molecule has 0 amide bonds. The predicted octanol–water partition coefficient (Wildman–Crippen LogP) is 1.59. The monoisotopic (exact) mass is 330 g/mol. The summed E-state index contributed by atoms with van der Waals surface area (Å²) in [6.45, 7) is 6.59. The molecule has 2 fully saturated rings. The van der Waals surface area contributed by atoms with Gasteiger partial charge in [0, 0.05) is 31.8 Å². The molecule has 0 aromatic carbocycles. The van der Waals surface area contributed by atoms with Crippen LogP contribution in [0.15, 0.2) is 0 Å². The van der Waals surface area contributed by atoms with Crippen molar-refractivity contribution in [1.29, 1.82) is 0 Å². The van der Waals surface area contributed by atoms with Crippen molar-refractivity contribution >= 4 is 11.9 Å². The van der Waals surface area contributed by atoms with E-state index in [0.717, 1.165) is 0 Å². The first-order chi connectivity index (χ1) is 10.9. The number of aliphatic carboxylic acids is 1. The summed E-state index contributed by atoms with van der Waals surface area (Å²) in [5, 5.41) is 8.60. The molecule has 0 aliphatic carbocycles. The predicted molar refractivity (Wildman–Crippen MR) is 79.7 cm³/mol. The van der Waals surface area contributed by atoms with E-state index >= 15 is 0 Å². The number of carboxylic acid groups (broad SMARTS) is 1. The molecule has 2 aliphatic heterocycles. The molecule has 2 rings (SSSR count). The Balaban J connectivity index is 1.87. The van der Waals surface area contributed by atoms with Crippen LogP contribution in [0.5, 0.6) is 0 Å². The Morgan fingerprint density at radius 3 is 2.70 bits per heavy atom. The Hall–Kier alpha value is -1.18. The highest BCUT2D eigenvalue weighted by Gasteiger charge is 2.57. The van der Waals surface area contributed by atoms with Crippen molar-refractivity contribution < 1.29 is 33.6 Å². The van der Waals surface area contributed by atoms with Crippen molar-refractivity contribution in [2.24, 2.45) is 11.8 Å². The van der Waals surface area contributed by atoms with Crippen LogP contribution in [-0.4, -0.2) is 54.9 Å². The van der Waals surface area contributed by atoms with Crippen LogP contribution in [0.3, 0.4) is 0 Å². The Kier molecular flexibility index (Phi) is 6.00. The molecule has 2 bridgehead atoms. The smallest absolute Gasteiger partial charge is 0.303 e. The standard InChI is InChI=1S/C16H26O7/c1-10-14(22-12(3)17)11(2)16(9-21-15(10)23-16)8-20-7-5-4-6-13(18)19/h10-11,14-15H,4-9H2,1-3H3,(H,18,19)/t10-,11-,14-,15+,16+/m1/s1. The van der Waals surface area contributed by atoms with E-state index in [4.69, 9.17) is 24.1 Å². The van der Waals surface area contributed by atoms with Crippen molar-refractivity contribution in [3.05, 3.63) is 0 Å². The lowest BCUT2D eigenvalue weighted by molar-refractivity contribution is -0.233. The number of carbonyl (C=O) groups excluding carboxylic acids is 1. The summed E-state index contributed by atoms with van der Waals surface area (Å²) in [7, 11) is 0. The first-order valence-electron chi connectivity index (χ1n) is 8.12. The molecule has 1 N–H and O–H groups in total. The van der Waals surface area contributed by atoms with Gasteiger partial charge in [-0.25, -0.2) is 0 Å². The van der Waals surface area contributed by atoms with Gasteiger partial charge in [-0.3, -0.25) is 9.59 Å². The van der Waals surface area contributed by atoms with Gasteiger partial charge in [0.25, 0.3) is 0 Å². The molecule has 0 unspecified atom stereocenters. The molecule has 0 aromatic rings. The number of esters is 1. The summed E-state index contributed by atoms with van der Waals surface area (Å²) < 4.78 is 22.9. The number of rotatable bonds is 8. The average molecular weight is 330 g/mol. The zero-order chi connectivity index (χ0) is 17.0. The fourth-order valence-electron chi connectivity index (χ4n) is 3.26. The van der Waals surface area contributed by atoms with Crippen LogP contribution in [0.4, 0.5) is 0 Å². The van der Waals surface area contributed by atoms with Gasteiger partial charge in [-0.15, -0.1) is 0 Å². The lowest BCUT2D eigenvalue weighted by atomic mass is 9.79. The van der Waals surface area contributed by atoms with Gasteiger partial charge in [0.1, 0.15) is 11.7 Å². The molecule has 2 saturated heterocycles. The number of ether oxygens (including phenoxy) is 4. The van der Waals surface area contributed by atoms with Gasteiger partial charge < -0.3 is 24.1 Å². The molecule has 0 radical (unpaired) electrons. The highest BCUT2D eigenvalue weighted by Crippen LogP contribution is 2.44. The van der Waals surface area contributed by atoms with Gasteiger partial charge in [0.2, 0.25) is 0 Å². The number of hydrogen-bond donors (Lipinski definition) is 1. The minimum absolute atomic E-state index is 0.0277.